The van der Waals surface area contributed by atoms with Crippen molar-refractivity contribution in [2.24, 2.45) is 5.92 Å². The fourth-order valence-electron chi connectivity index (χ4n) is 3.09. The summed E-state index contributed by atoms with van der Waals surface area (Å²) in [6.07, 6.45) is 1.93. The zero-order chi connectivity index (χ0) is 19.1. The Balaban J connectivity index is 1.39. The van der Waals surface area contributed by atoms with Crippen LogP contribution in [-0.2, 0) is 17.7 Å². The Hall–Kier alpha value is -2.05. The summed E-state index contributed by atoms with van der Waals surface area (Å²) in [6, 6.07) is 10.1. The number of thiophene rings is 1. The van der Waals surface area contributed by atoms with Crippen molar-refractivity contribution >= 4 is 28.7 Å². The van der Waals surface area contributed by atoms with Gasteiger partial charge in [-0.05, 0) is 60.0 Å². The number of ether oxygens (including phenoxy) is 1. The van der Waals surface area contributed by atoms with Crippen molar-refractivity contribution in [3.05, 3.63) is 46.2 Å². The molecule has 27 heavy (non-hydrogen) atoms. The molecule has 0 unspecified atom stereocenters. The summed E-state index contributed by atoms with van der Waals surface area (Å²) in [7, 11) is 0. The quantitative estimate of drug-likeness (QED) is 0.656. The number of nitrogens with one attached hydrogen (secondary N) is 2. The van der Waals surface area contributed by atoms with Gasteiger partial charge >= 0.3 is 6.03 Å². The summed E-state index contributed by atoms with van der Waals surface area (Å²) in [6.45, 7) is 8.31. The lowest BCUT2D eigenvalue weighted by atomic mass is 10.1. The Kier molecular flexibility index (Phi) is 7.12. The molecule has 2 heterocycles. The third-order valence-electron chi connectivity index (χ3n) is 4.50. The lowest BCUT2D eigenvalue weighted by Gasteiger charge is -2.29. The Labute approximate surface area is 165 Å². The highest BCUT2D eigenvalue weighted by molar-refractivity contribution is 7.10. The molecule has 6 heteroatoms. The summed E-state index contributed by atoms with van der Waals surface area (Å²) in [5.41, 5.74) is 3.44. The standard InChI is InChI=1S/C21H29N3O2S/c1-16(2)15-26-12-3-10-22-21(25)23-18-4-6-19(7-5-18)24-11-8-20-17(14-24)9-13-27-20/h4-7,9,13,16H,3,8,10-12,14-15H2,1-2H3,(H2,22,23,25). The number of nitrogens with zero attached hydrogens (tertiary/aromatic N) is 1. The first-order valence-electron chi connectivity index (χ1n) is 9.64. The number of amides is 2. The largest absolute Gasteiger partial charge is 0.381 e. The van der Waals surface area contributed by atoms with Crippen molar-refractivity contribution in [1.29, 1.82) is 0 Å². The molecule has 0 atom stereocenters. The molecular formula is C21H29N3O2S. The number of carbonyl (C=O) groups is 1. The number of hydrogen-bond acceptors (Lipinski definition) is 4. The highest BCUT2D eigenvalue weighted by Gasteiger charge is 2.17. The molecule has 0 fully saturated rings. The van der Waals surface area contributed by atoms with E-state index in [4.69, 9.17) is 4.74 Å². The second-order valence-electron chi connectivity index (χ2n) is 7.29. The van der Waals surface area contributed by atoms with E-state index in [1.165, 1.54) is 16.1 Å². The fraction of sp³-hybridized carbons (Fsp3) is 0.476. The molecule has 0 bridgehead atoms. The van der Waals surface area contributed by atoms with Crippen LogP contribution in [0.2, 0.25) is 0 Å². The van der Waals surface area contributed by atoms with E-state index in [-0.39, 0.29) is 6.03 Å². The van der Waals surface area contributed by atoms with Crippen LogP contribution in [0.1, 0.15) is 30.7 Å². The van der Waals surface area contributed by atoms with E-state index in [0.29, 0.717) is 19.1 Å². The smallest absolute Gasteiger partial charge is 0.319 e. The maximum Gasteiger partial charge on any atom is 0.319 e. The van der Waals surface area contributed by atoms with Gasteiger partial charge in [0.2, 0.25) is 0 Å². The summed E-state index contributed by atoms with van der Waals surface area (Å²) < 4.78 is 5.51. The molecule has 0 saturated heterocycles. The van der Waals surface area contributed by atoms with Crippen LogP contribution in [0.5, 0.6) is 0 Å². The zero-order valence-electron chi connectivity index (χ0n) is 16.2. The molecule has 146 valence electrons. The number of hydrogen-bond donors (Lipinski definition) is 2. The van der Waals surface area contributed by atoms with Crippen molar-refractivity contribution < 1.29 is 9.53 Å². The molecule has 2 aromatic rings. The van der Waals surface area contributed by atoms with Gasteiger partial charge in [0, 0.05) is 49.1 Å². The number of anilines is 2. The van der Waals surface area contributed by atoms with E-state index in [0.717, 1.165) is 38.2 Å². The fourth-order valence-corrected chi connectivity index (χ4v) is 3.98. The SMILES string of the molecule is CC(C)COCCCNC(=O)Nc1ccc(N2CCc3sccc3C2)cc1. The van der Waals surface area contributed by atoms with Gasteiger partial charge in [-0.2, -0.15) is 0 Å². The van der Waals surface area contributed by atoms with Gasteiger partial charge in [-0.1, -0.05) is 13.8 Å². The second-order valence-corrected chi connectivity index (χ2v) is 8.29. The highest BCUT2D eigenvalue weighted by Crippen LogP contribution is 2.28. The summed E-state index contributed by atoms with van der Waals surface area (Å²) in [5.74, 6) is 0.543. The Morgan fingerprint density at radius 3 is 2.85 bits per heavy atom. The summed E-state index contributed by atoms with van der Waals surface area (Å²) in [5, 5.41) is 7.93. The molecule has 0 saturated carbocycles. The van der Waals surface area contributed by atoms with Crippen LogP contribution >= 0.6 is 11.3 Å². The Bertz CT molecular complexity index is 727. The van der Waals surface area contributed by atoms with E-state index in [1.54, 1.807) is 0 Å². The van der Waals surface area contributed by atoms with Gasteiger partial charge in [-0.25, -0.2) is 4.79 Å². The van der Waals surface area contributed by atoms with Gasteiger partial charge in [-0.3, -0.25) is 0 Å². The molecule has 0 radical (unpaired) electrons. The van der Waals surface area contributed by atoms with Crippen LogP contribution in [-0.4, -0.2) is 32.3 Å². The zero-order valence-corrected chi connectivity index (χ0v) is 17.0. The van der Waals surface area contributed by atoms with Gasteiger partial charge in [0.25, 0.3) is 0 Å². The first kappa shape index (κ1) is 19.7. The Morgan fingerprint density at radius 2 is 2.07 bits per heavy atom. The average Bonchev–Trinajstić information content (AvgIpc) is 3.12. The first-order valence-corrected chi connectivity index (χ1v) is 10.5. The number of fused-ring (bicyclic) bond motifs is 1. The first-order chi connectivity index (χ1) is 13.1. The number of benzene rings is 1. The maximum atomic E-state index is 12.0. The molecule has 1 aromatic heterocycles. The molecule has 2 amide bonds. The minimum absolute atomic E-state index is 0.174. The number of rotatable bonds is 8. The summed E-state index contributed by atoms with van der Waals surface area (Å²) >= 11 is 1.85. The van der Waals surface area contributed by atoms with Gasteiger partial charge in [0.1, 0.15) is 0 Å². The van der Waals surface area contributed by atoms with E-state index in [1.807, 2.05) is 23.5 Å². The van der Waals surface area contributed by atoms with E-state index < -0.39 is 0 Å². The van der Waals surface area contributed by atoms with Crippen LogP contribution in [0.4, 0.5) is 16.2 Å². The van der Waals surface area contributed by atoms with Crippen LogP contribution in [0.15, 0.2) is 35.7 Å². The normalized spacial score (nSPS) is 13.5. The molecule has 5 nitrogen and oxygen atoms in total. The molecule has 2 N–H and O–H groups in total. The van der Waals surface area contributed by atoms with E-state index in [2.05, 4.69) is 53.0 Å². The van der Waals surface area contributed by atoms with Crippen LogP contribution in [0, 0.1) is 5.92 Å². The van der Waals surface area contributed by atoms with E-state index in [9.17, 15) is 4.79 Å². The van der Waals surface area contributed by atoms with Gasteiger partial charge < -0.3 is 20.3 Å². The lowest BCUT2D eigenvalue weighted by Crippen LogP contribution is -2.30. The highest BCUT2D eigenvalue weighted by atomic mass is 32.1. The summed E-state index contributed by atoms with van der Waals surface area (Å²) in [4.78, 5) is 15.9. The third-order valence-corrected chi connectivity index (χ3v) is 5.52. The number of carbonyl (C=O) groups excluding carboxylic acids is 1. The Morgan fingerprint density at radius 1 is 1.26 bits per heavy atom. The topological polar surface area (TPSA) is 53.6 Å². The predicted octanol–water partition coefficient (Wildman–Crippen LogP) is 4.50. The minimum Gasteiger partial charge on any atom is -0.381 e. The number of urea groups is 1. The van der Waals surface area contributed by atoms with Crippen molar-refractivity contribution in [1.82, 2.24) is 5.32 Å². The predicted molar refractivity (Wildman–Crippen MR) is 113 cm³/mol. The molecule has 1 aliphatic heterocycles. The van der Waals surface area contributed by atoms with Crippen LogP contribution in [0.3, 0.4) is 0 Å². The molecule has 3 rings (SSSR count). The van der Waals surface area contributed by atoms with Crippen molar-refractivity contribution in [3.63, 3.8) is 0 Å². The van der Waals surface area contributed by atoms with Gasteiger partial charge in [0.15, 0.2) is 0 Å². The van der Waals surface area contributed by atoms with Crippen molar-refractivity contribution in [3.8, 4) is 0 Å². The minimum atomic E-state index is -0.174. The molecule has 0 spiro atoms. The van der Waals surface area contributed by atoms with Crippen molar-refractivity contribution in [2.45, 2.75) is 33.2 Å². The molecular weight excluding hydrogens is 358 g/mol. The third kappa shape index (κ3) is 5.97. The van der Waals surface area contributed by atoms with Crippen molar-refractivity contribution in [2.75, 3.05) is 36.5 Å². The van der Waals surface area contributed by atoms with Gasteiger partial charge in [0.05, 0.1) is 0 Å². The molecule has 0 aliphatic carbocycles. The second kappa shape index (κ2) is 9.76. The molecule has 1 aliphatic rings. The van der Waals surface area contributed by atoms with Crippen LogP contribution < -0.4 is 15.5 Å². The monoisotopic (exact) mass is 387 g/mol. The molecule has 1 aromatic carbocycles. The van der Waals surface area contributed by atoms with E-state index >= 15 is 0 Å². The lowest BCUT2D eigenvalue weighted by molar-refractivity contribution is 0.108. The van der Waals surface area contributed by atoms with Crippen LogP contribution in [0.25, 0.3) is 0 Å². The average molecular weight is 388 g/mol. The maximum absolute atomic E-state index is 12.0. The van der Waals surface area contributed by atoms with Gasteiger partial charge in [-0.15, -0.1) is 11.3 Å².